The summed E-state index contributed by atoms with van der Waals surface area (Å²) in [6.45, 7) is 0.216. The van der Waals surface area contributed by atoms with Gasteiger partial charge in [0, 0.05) is 25.8 Å². The van der Waals surface area contributed by atoms with Crippen LogP contribution in [0.5, 0.6) is 0 Å². The first-order valence-corrected chi connectivity index (χ1v) is 9.70. The summed E-state index contributed by atoms with van der Waals surface area (Å²) in [6, 6.07) is 16.9. The number of carbonyl (C=O) groups is 1. The highest BCUT2D eigenvalue weighted by Gasteiger charge is 2.22. The Hall–Kier alpha value is -1.42. The molecule has 7 heteroatoms. The lowest BCUT2D eigenvalue weighted by atomic mass is 10.1. The lowest BCUT2D eigenvalue weighted by molar-refractivity contribution is 0.0985. The van der Waals surface area contributed by atoms with Gasteiger partial charge in [0.05, 0.1) is 17.1 Å². The van der Waals surface area contributed by atoms with Gasteiger partial charge in [0.15, 0.2) is 0 Å². The van der Waals surface area contributed by atoms with Crippen molar-refractivity contribution in [3.05, 3.63) is 96.9 Å². The number of nitrogens with zero attached hydrogens (tertiary/aromatic N) is 1. The Morgan fingerprint density at radius 1 is 0.741 bits per heavy atom. The van der Waals surface area contributed by atoms with E-state index >= 15 is 0 Å². The molecular formula is C20H12Cl5NO. The third kappa shape index (κ3) is 4.90. The molecule has 0 heterocycles. The fraction of sp³-hybridized carbons (Fsp3) is 0.0500. The van der Waals surface area contributed by atoms with E-state index in [-0.39, 0.29) is 17.5 Å². The van der Waals surface area contributed by atoms with E-state index in [9.17, 15) is 4.79 Å². The zero-order chi connectivity index (χ0) is 19.6. The third-order valence-electron chi connectivity index (χ3n) is 3.87. The van der Waals surface area contributed by atoms with Crippen LogP contribution in [0.2, 0.25) is 25.1 Å². The molecule has 0 radical (unpaired) electrons. The van der Waals surface area contributed by atoms with Gasteiger partial charge in [-0.15, -0.1) is 0 Å². The minimum absolute atomic E-state index is 0.216. The molecule has 27 heavy (non-hydrogen) atoms. The predicted octanol–water partition coefficient (Wildman–Crippen LogP) is 7.80. The average molecular weight is 460 g/mol. The monoisotopic (exact) mass is 457 g/mol. The number of hydrogen-bond donors (Lipinski definition) is 0. The van der Waals surface area contributed by atoms with Crippen molar-refractivity contribution in [1.82, 2.24) is 0 Å². The summed E-state index contributed by atoms with van der Waals surface area (Å²) in [4.78, 5) is 14.8. The molecule has 0 aromatic heterocycles. The number of benzene rings is 3. The summed E-state index contributed by atoms with van der Waals surface area (Å²) in [5.74, 6) is -0.301. The molecule has 0 bridgehead atoms. The van der Waals surface area contributed by atoms with Crippen LogP contribution in [0.15, 0.2) is 60.7 Å². The minimum atomic E-state index is -0.301. The summed E-state index contributed by atoms with van der Waals surface area (Å²) < 4.78 is 0. The van der Waals surface area contributed by atoms with Gasteiger partial charge < -0.3 is 4.90 Å². The van der Waals surface area contributed by atoms with Crippen LogP contribution < -0.4 is 4.90 Å². The summed E-state index contributed by atoms with van der Waals surface area (Å²) in [5, 5.41) is 2.21. The highest BCUT2D eigenvalue weighted by atomic mass is 35.5. The summed E-state index contributed by atoms with van der Waals surface area (Å²) in [7, 11) is 0. The quantitative estimate of drug-likeness (QED) is 0.390. The molecule has 0 aliphatic carbocycles. The fourth-order valence-electron chi connectivity index (χ4n) is 2.55. The lowest BCUT2D eigenvalue weighted by Crippen LogP contribution is -2.30. The van der Waals surface area contributed by atoms with E-state index in [0.29, 0.717) is 31.3 Å². The van der Waals surface area contributed by atoms with Gasteiger partial charge >= 0.3 is 0 Å². The van der Waals surface area contributed by atoms with E-state index in [1.165, 1.54) is 6.07 Å². The van der Waals surface area contributed by atoms with Gasteiger partial charge in [-0.1, -0.05) is 70.1 Å². The highest BCUT2D eigenvalue weighted by molar-refractivity contribution is 6.37. The van der Waals surface area contributed by atoms with Gasteiger partial charge in [-0.3, -0.25) is 4.79 Å². The number of anilines is 1. The Bertz CT molecular complexity index is 1010. The molecule has 0 saturated carbocycles. The van der Waals surface area contributed by atoms with Crippen molar-refractivity contribution in [3.63, 3.8) is 0 Å². The smallest absolute Gasteiger partial charge is 0.260 e. The van der Waals surface area contributed by atoms with Crippen LogP contribution in [-0.2, 0) is 6.54 Å². The van der Waals surface area contributed by atoms with Crippen LogP contribution in [0, 0.1) is 0 Å². The summed E-state index contributed by atoms with van der Waals surface area (Å²) >= 11 is 30.6. The molecule has 3 rings (SSSR count). The van der Waals surface area contributed by atoms with Crippen LogP contribution in [0.4, 0.5) is 5.69 Å². The molecule has 3 aromatic rings. The van der Waals surface area contributed by atoms with Crippen molar-refractivity contribution < 1.29 is 4.79 Å². The largest absolute Gasteiger partial charge is 0.304 e. The molecule has 0 saturated heterocycles. The minimum Gasteiger partial charge on any atom is -0.304 e. The van der Waals surface area contributed by atoms with Crippen LogP contribution in [-0.4, -0.2) is 5.91 Å². The van der Waals surface area contributed by atoms with Gasteiger partial charge in [-0.2, -0.15) is 0 Å². The second-order valence-corrected chi connectivity index (χ2v) is 7.85. The van der Waals surface area contributed by atoms with Crippen LogP contribution >= 0.6 is 58.0 Å². The zero-order valence-electron chi connectivity index (χ0n) is 13.7. The molecular weight excluding hydrogens is 447 g/mol. The van der Waals surface area contributed by atoms with Crippen molar-refractivity contribution in [3.8, 4) is 0 Å². The Morgan fingerprint density at radius 3 is 2.00 bits per heavy atom. The maximum atomic E-state index is 13.3. The number of amides is 1. The molecule has 0 unspecified atom stereocenters. The normalized spacial score (nSPS) is 10.7. The molecule has 138 valence electrons. The fourth-order valence-corrected chi connectivity index (χ4v) is 3.70. The number of hydrogen-bond acceptors (Lipinski definition) is 1. The Balaban J connectivity index is 2.05. The molecule has 0 atom stereocenters. The van der Waals surface area contributed by atoms with Gasteiger partial charge in [0.25, 0.3) is 5.91 Å². The predicted molar refractivity (Wildman–Crippen MR) is 115 cm³/mol. The van der Waals surface area contributed by atoms with Crippen LogP contribution in [0.3, 0.4) is 0 Å². The standard InChI is InChI=1S/C20H12Cl5NO/c21-13-2-1-3-16(8-13)26(11-12-4-5-14(22)9-18(12)24)20(27)17-7-6-15(23)10-19(17)25/h1-10H,11H2. The van der Waals surface area contributed by atoms with E-state index in [2.05, 4.69) is 0 Å². The SMILES string of the molecule is O=C(c1ccc(Cl)cc1Cl)N(Cc1ccc(Cl)cc1Cl)c1cccc(Cl)c1. The number of carbonyl (C=O) groups excluding carboxylic acids is 1. The van der Waals surface area contributed by atoms with E-state index < -0.39 is 0 Å². The van der Waals surface area contributed by atoms with Gasteiger partial charge in [0.2, 0.25) is 0 Å². The molecule has 0 N–H and O–H groups in total. The van der Waals surface area contributed by atoms with E-state index in [1.807, 2.05) is 0 Å². The van der Waals surface area contributed by atoms with Crippen LogP contribution in [0.1, 0.15) is 15.9 Å². The Labute approximate surface area is 182 Å². The van der Waals surface area contributed by atoms with E-state index in [1.54, 1.807) is 59.5 Å². The first kappa shape index (κ1) is 20.3. The van der Waals surface area contributed by atoms with E-state index in [4.69, 9.17) is 58.0 Å². The van der Waals surface area contributed by atoms with Crippen molar-refractivity contribution >= 4 is 69.6 Å². The lowest BCUT2D eigenvalue weighted by Gasteiger charge is -2.24. The molecule has 2 nitrogen and oxygen atoms in total. The first-order valence-electron chi connectivity index (χ1n) is 7.81. The number of rotatable bonds is 4. The zero-order valence-corrected chi connectivity index (χ0v) is 17.5. The van der Waals surface area contributed by atoms with Crippen molar-refractivity contribution in [2.24, 2.45) is 0 Å². The first-order chi connectivity index (χ1) is 12.8. The van der Waals surface area contributed by atoms with E-state index in [0.717, 1.165) is 5.56 Å². The Kier molecular flexibility index (Phi) is 6.56. The topological polar surface area (TPSA) is 20.3 Å². The van der Waals surface area contributed by atoms with Gasteiger partial charge in [0.1, 0.15) is 0 Å². The molecule has 3 aromatic carbocycles. The summed E-state index contributed by atoms with van der Waals surface area (Å²) in [5.41, 5.74) is 1.68. The second kappa shape index (κ2) is 8.72. The highest BCUT2D eigenvalue weighted by Crippen LogP contribution is 2.29. The van der Waals surface area contributed by atoms with Crippen molar-refractivity contribution in [2.75, 3.05) is 4.90 Å². The third-order valence-corrected chi connectivity index (χ3v) is 5.24. The maximum absolute atomic E-state index is 13.3. The number of halogens is 5. The summed E-state index contributed by atoms with van der Waals surface area (Å²) in [6.07, 6.45) is 0. The second-order valence-electron chi connectivity index (χ2n) is 5.73. The van der Waals surface area contributed by atoms with Crippen molar-refractivity contribution in [1.29, 1.82) is 0 Å². The molecule has 0 spiro atoms. The molecule has 1 amide bonds. The Morgan fingerprint density at radius 2 is 1.37 bits per heavy atom. The van der Waals surface area contributed by atoms with Gasteiger partial charge in [-0.25, -0.2) is 0 Å². The van der Waals surface area contributed by atoms with Gasteiger partial charge in [-0.05, 0) is 54.1 Å². The molecule has 0 aliphatic heterocycles. The molecule has 0 fully saturated rings. The average Bonchev–Trinajstić information content (AvgIpc) is 2.60. The molecule has 0 aliphatic rings. The van der Waals surface area contributed by atoms with Crippen LogP contribution in [0.25, 0.3) is 0 Å². The maximum Gasteiger partial charge on any atom is 0.260 e. The van der Waals surface area contributed by atoms with Crippen molar-refractivity contribution in [2.45, 2.75) is 6.54 Å².